The summed E-state index contributed by atoms with van der Waals surface area (Å²) >= 11 is 0. The van der Waals surface area contributed by atoms with Gasteiger partial charge in [0.2, 0.25) is 0 Å². The van der Waals surface area contributed by atoms with E-state index in [2.05, 4.69) is 23.6 Å². The van der Waals surface area contributed by atoms with Crippen LogP contribution < -0.4 is 10.6 Å². The third-order valence-electron chi connectivity index (χ3n) is 8.54. The number of carbonyl (C=O) groups excluding carboxylic acids is 1. The number of benzene rings is 1. The van der Waals surface area contributed by atoms with Gasteiger partial charge in [0.05, 0.1) is 17.4 Å². The van der Waals surface area contributed by atoms with Crippen molar-refractivity contribution in [3.63, 3.8) is 0 Å². The number of aliphatic imine (C=N–C) groups is 1. The minimum absolute atomic E-state index is 0.0522. The van der Waals surface area contributed by atoms with Crippen molar-refractivity contribution in [2.75, 3.05) is 19.3 Å². The molecule has 40 heavy (non-hydrogen) atoms. The number of nitrogens with zero attached hydrogens (tertiary/aromatic N) is 1. The largest absolute Gasteiger partial charge is 0.384 e. The molecule has 4 aliphatic rings. The molecular formula is C31H39F2N3O3S. The normalized spacial score (nSPS) is 25.4. The highest BCUT2D eigenvalue weighted by molar-refractivity contribution is 7.90. The molecule has 2 saturated carbocycles. The summed E-state index contributed by atoms with van der Waals surface area (Å²) in [6.45, 7) is 4.95. The lowest BCUT2D eigenvalue weighted by Gasteiger charge is -2.29. The van der Waals surface area contributed by atoms with Crippen molar-refractivity contribution in [1.82, 2.24) is 10.6 Å². The molecule has 5 rings (SSSR count). The minimum atomic E-state index is -3.36. The molecule has 1 aromatic carbocycles. The Kier molecular flexibility index (Phi) is 8.06. The summed E-state index contributed by atoms with van der Waals surface area (Å²) in [5, 5.41) is 6.15. The van der Waals surface area contributed by atoms with Gasteiger partial charge in [-0.05, 0) is 74.1 Å². The van der Waals surface area contributed by atoms with Gasteiger partial charge in [0.15, 0.2) is 9.84 Å². The van der Waals surface area contributed by atoms with Crippen molar-refractivity contribution in [2.24, 2.45) is 34.6 Å². The zero-order chi connectivity index (χ0) is 28.7. The van der Waals surface area contributed by atoms with Crippen molar-refractivity contribution >= 4 is 21.5 Å². The predicted molar refractivity (Wildman–Crippen MR) is 153 cm³/mol. The molecule has 0 saturated heterocycles. The first-order chi connectivity index (χ1) is 19.0. The number of hydrogen-bond acceptors (Lipinski definition) is 5. The quantitative estimate of drug-likeness (QED) is 0.381. The zero-order valence-electron chi connectivity index (χ0n) is 23.4. The summed E-state index contributed by atoms with van der Waals surface area (Å²) in [6, 6.07) is 6.66. The number of hydrogen-bond donors (Lipinski definition) is 2. The van der Waals surface area contributed by atoms with Gasteiger partial charge in [0.1, 0.15) is 0 Å². The van der Waals surface area contributed by atoms with E-state index in [0.29, 0.717) is 30.7 Å². The minimum Gasteiger partial charge on any atom is -0.384 e. The summed E-state index contributed by atoms with van der Waals surface area (Å²) < 4.78 is 55.3. The van der Waals surface area contributed by atoms with Gasteiger partial charge in [-0.3, -0.25) is 9.79 Å². The maximum absolute atomic E-state index is 15.6. The second-order valence-corrected chi connectivity index (χ2v) is 13.8. The fraction of sp³-hybridized carbons (Fsp3) is 0.548. The lowest BCUT2D eigenvalue weighted by atomic mass is 9.85. The Bertz CT molecular complexity index is 1390. The third kappa shape index (κ3) is 6.24. The molecule has 3 aliphatic carbocycles. The van der Waals surface area contributed by atoms with E-state index in [1.54, 1.807) is 18.2 Å². The molecule has 2 fully saturated rings. The molecular weight excluding hydrogens is 532 g/mol. The molecule has 0 radical (unpaired) electrons. The first-order valence-electron chi connectivity index (χ1n) is 14.3. The number of allylic oxidation sites excluding steroid dienone is 3. The molecule has 6 nitrogen and oxygen atoms in total. The third-order valence-corrected chi connectivity index (χ3v) is 9.65. The summed E-state index contributed by atoms with van der Waals surface area (Å²) in [5.74, 6) is -4.02. The van der Waals surface area contributed by atoms with Gasteiger partial charge >= 0.3 is 0 Å². The van der Waals surface area contributed by atoms with Crippen molar-refractivity contribution in [3.05, 3.63) is 64.9 Å². The molecule has 216 valence electrons. The first-order valence-corrected chi connectivity index (χ1v) is 16.2. The highest BCUT2D eigenvalue weighted by Crippen LogP contribution is 2.54. The van der Waals surface area contributed by atoms with E-state index >= 15 is 8.78 Å². The maximum Gasteiger partial charge on any atom is 0.260 e. The van der Waals surface area contributed by atoms with Crippen LogP contribution in [0.4, 0.5) is 8.78 Å². The van der Waals surface area contributed by atoms with Gasteiger partial charge in [-0.2, -0.15) is 0 Å². The summed E-state index contributed by atoms with van der Waals surface area (Å²) in [6.07, 6.45) is 10.6. The van der Waals surface area contributed by atoms with Crippen LogP contribution in [0, 0.1) is 29.6 Å². The van der Waals surface area contributed by atoms with E-state index < -0.39 is 27.6 Å². The molecule has 0 spiro atoms. The molecule has 0 aromatic heterocycles. The van der Waals surface area contributed by atoms with Crippen LogP contribution in [0.5, 0.6) is 0 Å². The topological polar surface area (TPSA) is 87.6 Å². The van der Waals surface area contributed by atoms with Gasteiger partial charge in [-0.1, -0.05) is 37.3 Å². The van der Waals surface area contributed by atoms with Crippen LogP contribution in [0.15, 0.2) is 69.2 Å². The monoisotopic (exact) mass is 571 g/mol. The average Bonchev–Trinajstić information content (AvgIpc) is 3.81. The number of sulfone groups is 1. The van der Waals surface area contributed by atoms with E-state index in [9.17, 15) is 13.2 Å². The fourth-order valence-electron chi connectivity index (χ4n) is 6.10. The average molecular weight is 572 g/mol. The molecule has 0 bridgehead atoms. The molecule has 4 atom stereocenters. The number of alkyl halides is 2. The lowest BCUT2D eigenvalue weighted by molar-refractivity contribution is -0.117. The standard InChI is InChI=1S/C31H39F2N3O3S/c1-4-34-30(37)22-10-8-20(9-11-22)14-19(2)28-25-16-26(25)29(27(18-36-28)31(32,33)23-12-13-23)35-17-21-6-5-7-24(15-21)40(3,38)39/h5-8,10-11,15,19-20,23,25,27,35H,4,9,12-14,16-18H2,1-3H3,(H,34,37)/t19-,20?,25?,27?/m1/s1. The highest BCUT2D eigenvalue weighted by Gasteiger charge is 2.56. The predicted octanol–water partition coefficient (Wildman–Crippen LogP) is 5.23. The smallest absolute Gasteiger partial charge is 0.260 e. The van der Waals surface area contributed by atoms with Crippen molar-refractivity contribution in [2.45, 2.75) is 63.3 Å². The van der Waals surface area contributed by atoms with E-state index in [1.165, 1.54) is 0 Å². The number of halogens is 2. The second-order valence-electron chi connectivity index (χ2n) is 11.7. The van der Waals surface area contributed by atoms with Crippen molar-refractivity contribution in [1.29, 1.82) is 0 Å². The van der Waals surface area contributed by atoms with Crippen LogP contribution in [-0.2, 0) is 21.2 Å². The van der Waals surface area contributed by atoms with E-state index in [1.807, 2.05) is 25.1 Å². The lowest BCUT2D eigenvalue weighted by Crippen LogP contribution is -2.38. The first kappa shape index (κ1) is 28.7. The van der Waals surface area contributed by atoms with Crippen molar-refractivity contribution < 1.29 is 22.0 Å². The summed E-state index contributed by atoms with van der Waals surface area (Å²) in [7, 11) is -3.36. The van der Waals surface area contributed by atoms with E-state index in [4.69, 9.17) is 4.99 Å². The molecule has 1 amide bonds. The summed E-state index contributed by atoms with van der Waals surface area (Å²) in [5.41, 5.74) is 4.06. The number of fused-ring (bicyclic) bond motifs is 1. The second kappa shape index (κ2) is 11.2. The summed E-state index contributed by atoms with van der Waals surface area (Å²) in [4.78, 5) is 17.2. The van der Waals surface area contributed by atoms with Gasteiger partial charge < -0.3 is 10.6 Å². The SMILES string of the molecule is CCNC(=O)C1=CCC(C[C@@H](C)C2=NCC(C(F)(F)C3CC3)C(NCc3cccc(S(C)(=O)=O)c3)=C3CC23)C=C1. The fourth-order valence-corrected chi connectivity index (χ4v) is 6.79. The molecule has 2 N–H and O–H groups in total. The molecule has 1 aromatic rings. The maximum atomic E-state index is 15.6. The van der Waals surface area contributed by atoms with Gasteiger partial charge in [-0.25, -0.2) is 17.2 Å². The van der Waals surface area contributed by atoms with E-state index in [0.717, 1.165) is 42.4 Å². The Morgan fingerprint density at radius 2 is 2.02 bits per heavy atom. The van der Waals surface area contributed by atoms with E-state index in [-0.39, 0.29) is 41.6 Å². The van der Waals surface area contributed by atoms with Crippen LogP contribution in [0.3, 0.4) is 0 Å². The van der Waals surface area contributed by atoms with Gasteiger partial charge in [0, 0.05) is 48.2 Å². The number of likely N-dealkylation sites (N-methyl/N-ethyl adjacent to an activating group) is 1. The molecule has 3 unspecified atom stereocenters. The number of nitrogens with one attached hydrogen (secondary N) is 2. The van der Waals surface area contributed by atoms with Crippen LogP contribution in [0.1, 0.15) is 51.5 Å². The van der Waals surface area contributed by atoms with Crippen LogP contribution in [0.2, 0.25) is 0 Å². The Morgan fingerprint density at radius 3 is 2.67 bits per heavy atom. The van der Waals surface area contributed by atoms with Gasteiger partial charge in [0.25, 0.3) is 11.8 Å². The Morgan fingerprint density at radius 1 is 1.25 bits per heavy atom. The highest BCUT2D eigenvalue weighted by atomic mass is 32.2. The van der Waals surface area contributed by atoms with Crippen LogP contribution >= 0.6 is 0 Å². The van der Waals surface area contributed by atoms with Crippen molar-refractivity contribution in [3.8, 4) is 0 Å². The molecule has 9 heteroatoms. The molecule has 1 aliphatic heterocycles. The van der Waals surface area contributed by atoms with Gasteiger partial charge in [-0.15, -0.1) is 0 Å². The zero-order valence-corrected chi connectivity index (χ0v) is 24.2. The Labute approximate surface area is 236 Å². The Hall–Kier alpha value is -2.81. The Balaban J connectivity index is 1.32. The number of amides is 1. The number of carbonyl (C=O) groups is 1. The van der Waals surface area contributed by atoms with Crippen LogP contribution in [-0.4, -0.2) is 45.3 Å². The molecule has 1 heterocycles. The van der Waals surface area contributed by atoms with Crippen LogP contribution in [0.25, 0.3) is 0 Å². The number of rotatable bonds is 11.